The van der Waals surface area contributed by atoms with Crippen LogP contribution >= 0.6 is 0 Å². The van der Waals surface area contributed by atoms with Crippen molar-refractivity contribution in [2.24, 2.45) is 15.9 Å². The molecule has 0 radical (unpaired) electrons. The number of aliphatic hydroxyl groups is 1. The van der Waals surface area contributed by atoms with Gasteiger partial charge in [-0.25, -0.2) is 4.99 Å². The van der Waals surface area contributed by atoms with E-state index in [1.807, 2.05) is 37.4 Å². The zero-order valence-electron chi connectivity index (χ0n) is 18.2. The highest BCUT2D eigenvalue weighted by Gasteiger charge is 2.44. The maximum Gasteiger partial charge on any atom is 0.243 e. The number of aromatic amines is 1. The van der Waals surface area contributed by atoms with Crippen molar-refractivity contribution in [2.45, 2.75) is 51.9 Å². The number of aliphatic hydroxyl groups excluding tert-OH is 1. The molecule has 2 aliphatic heterocycles. The number of carbonyl (C=O) groups excluding carboxylic acids is 1. The van der Waals surface area contributed by atoms with Crippen LogP contribution in [0.15, 0.2) is 64.0 Å². The Morgan fingerprint density at radius 1 is 1.35 bits per heavy atom. The summed E-state index contributed by atoms with van der Waals surface area (Å²) in [5.41, 5.74) is 3.39. The topological polar surface area (TPSA) is 93.1 Å². The molecule has 1 unspecified atom stereocenters. The van der Waals surface area contributed by atoms with Crippen molar-refractivity contribution in [3.05, 3.63) is 59.6 Å². The van der Waals surface area contributed by atoms with Gasteiger partial charge in [0.1, 0.15) is 11.9 Å². The van der Waals surface area contributed by atoms with E-state index >= 15 is 0 Å². The number of amidine groups is 1. The van der Waals surface area contributed by atoms with E-state index in [0.717, 1.165) is 28.6 Å². The first-order chi connectivity index (χ1) is 14.9. The molecule has 3 heterocycles. The molecular formula is C24H29N5O2. The molecule has 0 bridgehead atoms. The average Bonchev–Trinajstić information content (AvgIpc) is 3.13. The van der Waals surface area contributed by atoms with Crippen molar-refractivity contribution in [3.63, 3.8) is 0 Å². The lowest BCUT2D eigenvalue weighted by molar-refractivity contribution is -0.130. The number of amides is 1. The van der Waals surface area contributed by atoms with Gasteiger partial charge in [0.25, 0.3) is 0 Å². The number of nitrogens with zero attached hydrogens (tertiary/aromatic N) is 3. The molecule has 1 aromatic carbocycles. The second-order valence-electron chi connectivity index (χ2n) is 8.56. The lowest BCUT2D eigenvalue weighted by atomic mass is 9.92. The predicted molar refractivity (Wildman–Crippen MR) is 124 cm³/mol. The number of nitrogens with one attached hydrogen (secondary N) is 2. The number of aliphatic imine (C=N–C) groups is 2. The molecular weight excluding hydrogens is 390 g/mol. The van der Waals surface area contributed by atoms with Gasteiger partial charge in [-0.15, -0.1) is 0 Å². The molecule has 0 aliphatic carbocycles. The van der Waals surface area contributed by atoms with Crippen LogP contribution in [0, 0.1) is 5.92 Å². The molecule has 7 nitrogen and oxygen atoms in total. The Kier molecular flexibility index (Phi) is 5.78. The molecule has 1 amide bonds. The van der Waals surface area contributed by atoms with E-state index in [9.17, 15) is 9.90 Å². The monoisotopic (exact) mass is 419 g/mol. The molecule has 2 aromatic rings. The van der Waals surface area contributed by atoms with Gasteiger partial charge in [-0.05, 0) is 43.7 Å². The van der Waals surface area contributed by atoms with Crippen LogP contribution in [0.4, 0.5) is 0 Å². The summed E-state index contributed by atoms with van der Waals surface area (Å²) in [6, 6.07) is 7.20. The SMILES string of the molecule is C=N/C=C\C1=C(C)N=C2[C@H](CC(C)C)NC(=O)[C@@H](Cc3c[nH]c4ccccc34)N2C1O. The third-order valence-corrected chi connectivity index (χ3v) is 5.93. The van der Waals surface area contributed by atoms with Crippen molar-refractivity contribution in [2.75, 3.05) is 0 Å². The van der Waals surface area contributed by atoms with Crippen LogP contribution in [0.25, 0.3) is 10.9 Å². The van der Waals surface area contributed by atoms with Crippen LogP contribution in [0.1, 0.15) is 32.8 Å². The van der Waals surface area contributed by atoms with Crippen molar-refractivity contribution >= 4 is 29.4 Å². The maximum absolute atomic E-state index is 13.3. The summed E-state index contributed by atoms with van der Waals surface area (Å²) >= 11 is 0. The van der Waals surface area contributed by atoms with Gasteiger partial charge in [-0.3, -0.25) is 9.79 Å². The molecule has 0 saturated carbocycles. The minimum Gasteiger partial charge on any atom is -0.369 e. The van der Waals surface area contributed by atoms with Crippen molar-refractivity contribution in [3.8, 4) is 0 Å². The third kappa shape index (κ3) is 3.93. The largest absolute Gasteiger partial charge is 0.369 e. The van der Waals surface area contributed by atoms with Crippen LogP contribution in [-0.4, -0.2) is 51.8 Å². The number of benzene rings is 1. The lowest BCUT2D eigenvalue weighted by Gasteiger charge is -2.46. The number of rotatable bonds is 6. The molecule has 1 aromatic heterocycles. The number of para-hydroxylation sites is 1. The number of hydrogen-bond acceptors (Lipinski definition) is 5. The van der Waals surface area contributed by atoms with Crippen LogP contribution in [0.3, 0.4) is 0 Å². The van der Waals surface area contributed by atoms with Crippen LogP contribution in [-0.2, 0) is 11.2 Å². The zero-order chi connectivity index (χ0) is 22.1. The van der Waals surface area contributed by atoms with Crippen LogP contribution < -0.4 is 5.32 Å². The summed E-state index contributed by atoms with van der Waals surface area (Å²) in [6.07, 6.45) is 5.40. The van der Waals surface area contributed by atoms with Crippen molar-refractivity contribution < 1.29 is 9.90 Å². The van der Waals surface area contributed by atoms with Gasteiger partial charge in [0.05, 0.1) is 6.04 Å². The number of hydrogen-bond donors (Lipinski definition) is 3. The molecule has 3 N–H and O–H groups in total. The molecule has 4 rings (SSSR count). The van der Waals surface area contributed by atoms with Crippen LogP contribution in [0.5, 0.6) is 0 Å². The third-order valence-electron chi connectivity index (χ3n) is 5.93. The molecule has 31 heavy (non-hydrogen) atoms. The van der Waals surface area contributed by atoms with Gasteiger partial charge >= 0.3 is 0 Å². The Bertz CT molecular complexity index is 1090. The number of piperazine rings is 1. The lowest BCUT2D eigenvalue weighted by Crippen LogP contribution is -2.67. The normalized spacial score (nSPS) is 24.0. The molecule has 2 aliphatic rings. The number of H-pyrrole nitrogens is 1. The van der Waals surface area contributed by atoms with Crippen molar-refractivity contribution in [1.82, 2.24) is 15.2 Å². The van der Waals surface area contributed by atoms with E-state index < -0.39 is 12.3 Å². The van der Waals surface area contributed by atoms with Gasteiger partial charge < -0.3 is 20.3 Å². The fraction of sp³-hybridized carbons (Fsp3) is 0.375. The highest BCUT2D eigenvalue weighted by Crippen LogP contribution is 2.31. The Balaban J connectivity index is 1.75. The Morgan fingerprint density at radius 3 is 2.87 bits per heavy atom. The van der Waals surface area contributed by atoms with Gasteiger partial charge in [0.15, 0.2) is 6.23 Å². The number of allylic oxidation sites excluding steroid dienone is 1. The number of carbonyl (C=O) groups is 1. The van der Waals surface area contributed by atoms with Gasteiger partial charge in [0.2, 0.25) is 5.91 Å². The Hall–Kier alpha value is -3.19. The standard InChI is InChI=1S/C24H29N5O2/c1-14(2)11-20-22-27-15(3)17(9-10-25-4)24(31)29(22)21(23(30)28-20)12-16-13-26-19-8-6-5-7-18(16)19/h5-10,13-14,20-21,24,26,31H,4,11-12H2,1-3H3,(H,28,30)/b10-9-/t20-,21+,24?/m0/s1. The van der Waals surface area contributed by atoms with E-state index in [1.165, 1.54) is 6.20 Å². The fourth-order valence-electron chi connectivity index (χ4n) is 4.48. The highest BCUT2D eigenvalue weighted by atomic mass is 16.3. The smallest absolute Gasteiger partial charge is 0.243 e. The minimum atomic E-state index is -0.985. The fourth-order valence-corrected chi connectivity index (χ4v) is 4.48. The first kappa shape index (κ1) is 21.1. The first-order valence-electron chi connectivity index (χ1n) is 10.6. The minimum absolute atomic E-state index is 0.0985. The van der Waals surface area contributed by atoms with Crippen molar-refractivity contribution in [1.29, 1.82) is 0 Å². The van der Waals surface area contributed by atoms with Gasteiger partial charge in [-0.1, -0.05) is 32.0 Å². The molecule has 7 heteroatoms. The molecule has 1 saturated heterocycles. The quantitative estimate of drug-likeness (QED) is 0.628. The summed E-state index contributed by atoms with van der Waals surface area (Å²) in [5.74, 6) is 0.984. The zero-order valence-corrected chi connectivity index (χ0v) is 18.2. The second kappa shape index (κ2) is 8.51. The second-order valence-corrected chi connectivity index (χ2v) is 8.56. The van der Waals surface area contributed by atoms with E-state index in [0.29, 0.717) is 23.7 Å². The molecule has 162 valence electrons. The van der Waals surface area contributed by atoms with Gasteiger partial charge in [-0.2, -0.15) is 0 Å². The summed E-state index contributed by atoms with van der Waals surface area (Å²) in [7, 11) is 0. The molecule has 1 fully saturated rings. The first-order valence-corrected chi connectivity index (χ1v) is 10.6. The van der Waals surface area contributed by atoms with E-state index in [1.54, 1.807) is 11.0 Å². The summed E-state index contributed by atoms with van der Waals surface area (Å²) in [4.78, 5) is 26.9. The van der Waals surface area contributed by atoms with E-state index in [2.05, 4.69) is 35.9 Å². The van der Waals surface area contributed by atoms with E-state index in [-0.39, 0.29) is 11.9 Å². The Labute approximate surface area is 182 Å². The number of aromatic nitrogens is 1. The summed E-state index contributed by atoms with van der Waals surface area (Å²) < 4.78 is 0. The Morgan fingerprint density at radius 2 is 2.13 bits per heavy atom. The van der Waals surface area contributed by atoms with E-state index in [4.69, 9.17) is 4.99 Å². The highest BCUT2D eigenvalue weighted by molar-refractivity contribution is 6.01. The van der Waals surface area contributed by atoms with Crippen LogP contribution in [0.2, 0.25) is 0 Å². The summed E-state index contributed by atoms with van der Waals surface area (Å²) in [5, 5.41) is 15.6. The molecule has 3 atom stereocenters. The maximum atomic E-state index is 13.3. The number of fused-ring (bicyclic) bond motifs is 2. The van der Waals surface area contributed by atoms with Gasteiger partial charge in [0, 0.05) is 41.0 Å². The average molecular weight is 420 g/mol. The predicted octanol–water partition coefficient (Wildman–Crippen LogP) is 3.14. The summed E-state index contributed by atoms with van der Waals surface area (Å²) in [6.45, 7) is 9.56. The molecule has 0 spiro atoms.